The van der Waals surface area contributed by atoms with Crippen LogP contribution in [0.15, 0.2) is 24.3 Å². The lowest BCUT2D eigenvalue weighted by molar-refractivity contribution is 0.630. The zero-order valence-corrected chi connectivity index (χ0v) is 9.44. The molecule has 1 heterocycles. The molecule has 1 nitrogen and oxygen atoms in total. The Morgan fingerprint density at radius 1 is 1.36 bits per heavy atom. The van der Waals surface area contributed by atoms with Crippen LogP contribution in [0.3, 0.4) is 0 Å². The van der Waals surface area contributed by atoms with Gasteiger partial charge in [0.2, 0.25) is 0 Å². The molecule has 0 bridgehead atoms. The van der Waals surface area contributed by atoms with Crippen LogP contribution in [0.25, 0.3) is 10.9 Å². The highest BCUT2D eigenvalue weighted by molar-refractivity contribution is 9.08. The Morgan fingerprint density at radius 3 is 2.86 bits per heavy atom. The third-order valence-corrected chi connectivity index (χ3v) is 2.79. The molecule has 0 fully saturated rings. The van der Waals surface area contributed by atoms with Gasteiger partial charge in [0.15, 0.2) is 0 Å². The average Bonchev–Trinajstić information content (AvgIpc) is 2.19. The van der Waals surface area contributed by atoms with Crippen LogP contribution >= 0.6 is 27.5 Å². The molecule has 2 aromatic rings. The Labute approximate surface area is 94.0 Å². The Morgan fingerprint density at radius 2 is 2.14 bits per heavy atom. The lowest BCUT2D eigenvalue weighted by Gasteiger charge is -2.01. The summed E-state index contributed by atoms with van der Waals surface area (Å²) in [5.41, 5.74) is 1.50. The SMILES string of the molecule is Fc1cc2nc(CBr)ccc2cc1Cl. The van der Waals surface area contributed by atoms with Crippen LogP contribution in [-0.2, 0) is 5.33 Å². The summed E-state index contributed by atoms with van der Waals surface area (Å²) in [6, 6.07) is 6.69. The summed E-state index contributed by atoms with van der Waals surface area (Å²) in [5.74, 6) is -0.432. The fourth-order valence-corrected chi connectivity index (χ4v) is 1.72. The van der Waals surface area contributed by atoms with Crippen LogP contribution in [-0.4, -0.2) is 4.98 Å². The van der Waals surface area contributed by atoms with E-state index in [9.17, 15) is 4.39 Å². The monoisotopic (exact) mass is 273 g/mol. The van der Waals surface area contributed by atoms with Gasteiger partial charge < -0.3 is 0 Å². The van der Waals surface area contributed by atoms with E-state index >= 15 is 0 Å². The van der Waals surface area contributed by atoms with E-state index in [1.807, 2.05) is 12.1 Å². The molecular weight excluding hydrogens is 268 g/mol. The van der Waals surface area contributed by atoms with Gasteiger partial charge >= 0.3 is 0 Å². The summed E-state index contributed by atoms with van der Waals surface area (Å²) < 4.78 is 13.1. The molecule has 0 unspecified atom stereocenters. The summed E-state index contributed by atoms with van der Waals surface area (Å²) in [5, 5.41) is 1.64. The minimum absolute atomic E-state index is 0.130. The standard InChI is InChI=1S/C10H6BrClFN/c11-5-7-2-1-6-3-8(12)9(13)4-10(6)14-7/h1-4H,5H2. The number of hydrogen-bond acceptors (Lipinski definition) is 1. The highest BCUT2D eigenvalue weighted by atomic mass is 79.9. The zero-order chi connectivity index (χ0) is 10.1. The predicted octanol–water partition coefficient (Wildman–Crippen LogP) is 3.92. The number of nitrogens with zero attached hydrogens (tertiary/aromatic N) is 1. The predicted molar refractivity (Wildman–Crippen MR) is 59.3 cm³/mol. The van der Waals surface area contributed by atoms with Crippen molar-refractivity contribution in [2.24, 2.45) is 0 Å². The van der Waals surface area contributed by atoms with Crippen molar-refractivity contribution in [3.8, 4) is 0 Å². The van der Waals surface area contributed by atoms with Gasteiger partial charge in [-0.05, 0) is 12.1 Å². The molecule has 0 atom stereocenters. The van der Waals surface area contributed by atoms with Gasteiger partial charge in [-0.25, -0.2) is 4.39 Å². The van der Waals surface area contributed by atoms with Gasteiger partial charge in [0.05, 0.1) is 16.2 Å². The molecule has 1 aromatic heterocycles. The molecule has 0 N–H and O–H groups in total. The van der Waals surface area contributed by atoms with E-state index in [1.54, 1.807) is 6.07 Å². The highest BCUT2D eigenvalue weighted by Crippen LogP contribution is 2.22. The van der Waals surface area contributed by atoms with E-state index < -0.39 is 5.82 Å². The molecule has 0 saturated heterocycles. The Balaban J connectivity index is 2.70. The quantitative estimate of drug-likeness (QED) is 0.718. The van der Waals surface area contributed by atoms with Gasteiger partial charge in [0.25, 0.3) is 0 Å². The molecule has 0 radical (unpaired) electrons. The van der Waals surface area contributed by atoms with Crippen molar-refractivity contribution in [2.75, 3.05) is 0 Å². The number of aromatic nitrogens is 1. The van der Waals surface area contributed by atoms with Crippen LogP contribution in [0.5, 0.6) is 0 Å². The molecule has 1 aromatic carbocycles. The van der Waals surface area contributed by atoms with E-state index in [1.165, 1.54) is 6.07 Å². The van der Waals surface area contributed by atoms with E-state index in [2.05, 4.69) is 20.9 Å². The van der Waals surface area contributed by atoms with Crippen molar-refractivity contribution in [1.82, 2.24) is 4.98 Å². The normalized spacial score (nSPS) is 10.8. The largest absolute Gasteiger partial charge is 0.252 e. The first-order valence-electron chi connectivity index (χ1n) is 4.01. The Hall–Kier alpha value is -0.670. The molecule has 0 aliphatic carbocycles. The number of benzene rings is 1. The number of rotatable bonds is 1. The maximum atomic E-state index is 13.1. The number of fused-ring (bicyclic) bond motifs is 1. The molecule has 2 rings (SSSR count). The summed E-state index contributed by atoms with van der Waals surface area (Å²) in [6.45, 7) is 0. The molecule has 0 amide bonds. The van der Waals surface area contributed by atoms with Gasteiger partial charge in [-0.3, -0.25) is 4.98 Å². The summed E-state index contributed by atoms with van der Waals surface area (Å²) in [6.07, 6.45) is 0. The fraction of sp³-hybridized carbons (Fsp3) is 0.100. The fourth-order valence-electron chi connectivity index (χ4n) is 1.23. The van der Waals surface area contributed by atoms with Gasteiger partial charge in [0.1, 0.15) is 5.82 Å². The minimum Gasteiger partial charge on any atom is -0.252 e. The first-order valence-corrected chi connectivity index (χ1v) is 5.51. The van der Waals surface area contributed by atoms with E-state index in [-0.39, 0.29) is 5.02 Å². The topological polar surface area (TPSA) is 12.9 Å². The van der Waals surface area contributed by atoms with Crippen molar-refractivity contribution < 1.29 is 4.39 Å². The second-order valence-corrected chi connectivity index (χ2v) is 3.86. The molecule has 4 heteroatoms. The average molecular weight is 275 g/mol. The Kier molecular flexibility index (Phi) is 2.70. The number of halogens is 3. The number of pyridine rings is 1. The Bertz CT molecular complexity index is 487. The molecule has 0 aliphatic rings. The number of alkyl halides is 1. The molecule has 0 aliphatic heterocycles. The van der Waals surface area contributed by atoms with E-state index in [0.29, 0.717) is 10.8 Å². The zero-order valence-electron chi connectivity index (χ0n) is 7.10. The summed E-state index contributed by atoms with van der Waals surface area (Å²) in [7, 11) is 0. The first-order chi connectivity index (χ1) is 6.70. The summed E-state index contributed by atoms with van der Waals surface area (Å²) >= 11 is 8.94. The first kappa shape index (κ1) is 9.87. The van der Waals surface area contributed by atoms with Gasteiger partial charge in [-0.1, -0.05) is 33.6 Å². The third-order valence-electron chi connectivity index (χ3n) is 1.93. The molecule has 0 saturated carbocycles. The van der Waals surface area contributed by atoms with Crippen molar-refractivity contribution in [3.05, 3.63) is 40.8 Å². The smallest absolute Gasteiger partial charge is 0.143 e. The lowest BCUT2D eigenvalue weighted by Crippen LogP contribution is -1.87. The van der Waals surface area contributed by atoms with Gasteiger partial charge in [-0.2, -0.15) is 0 Å². The van der Waals surface area contributed by atoms with Crippen LogP contribution in [0.4, 0.5) is 4.39 Å². The lowest BCUT2D eigenvalue weighted by atomic mass is 10.2. The highest BCUT2D eigenvalue weighted by Gasteiger charge is 2.03. The molecule has 72 valence electrons. The van der Waals surface area contributed by atoms with Crippen molar-refractivity contribution >= 4 is 38.4 Å². The summed E-state index contributed by atoms with van der Waals surface area (Å²) in [4.78, 5) is 4.25. The minimum atomic E-state index is -0.432. The van der Waals surface area contributed by atoms with E-state index in [4.69, 9.17) is 11.6 Å². The second-order valence-electron chi connectivity index (χ2n) is 2.90. The second kappa shape index (κ2) is 3.83. The van der Waals surface area contributed by atoms with Crippen LogP contribution in [0.1, 0.15) is 5.69 Å². The molecule has 14 heavy (non-hydrogen) atoms. The number of hydrogen-bond donors (Lipinski definition) is 0. The molecular formula is C10H6BrClFN. The van der Waals surface area contributed by atoms with Crippen LogP contribution < -0.4 is 0 Å². The van der Waals surface area contributed by atoms with Crippen LogP contribution in [0, 0.1) is 5.82 Å². The van der Waals surface area contributed by atoms with Crippen molar-refractivity contribution in [3.63, 3.8) is 0 Å². The van der Waals surface area contributed by atoms with Crippen LogP contribution in [0.2, 0.25) is 5.02 Å². The maximum Gasteiger partial charge on any atom is 0.143 e. The van der Waals surface area contributed by atoms with Gasteiger partial charge in [0, 0.05) is 16.8 Å². The van der Waals surface area contributed by atoms with E-state index in [0.717, 1.165) is 11.1 Å². The third kappa shape index (κ3) is 1.74. The van der Waals surface area contributed by atoms with Crippen molar-refractivity contribution in [2.45, 2.75) is 5.33 Å². The van der Waals surface area contributed by atoms with Gasteiger partial charge in [-0.15, -0.1) is 0 Å². The molecule has 0 spiro atoms. The maximum absolute atomic E-state index is 13.1. The van der Waals surface area contributed by atoms with Crippen molar-refractivity contribution in [1.29, 1.82) is 0 Å².